The van der Waals surface area contributed by atoms with Crippen molar-refractivity contribution in [2.24, 2.45) is 5.41 Å². The van der Waals surface area contributed by atoms with Gasteiger partial charge < -0.3 is 0 Å². The number of allylic oxidation sites excluding steroid dienone is 9. The molecule has 0 spiro atoms. The summed E-state index contributed by atoms with van der Waals surface area (Å²) in [5, 5.41) is 0. The van der Waals surface area contributed by atoms with Crippen LogP contribution in [0.5, 0.6) is 0 Å². The Labute approximate surface area is 153 Å². The first kappa shape index (κ1) is 21.6. The van der Waals surface area contributed by atoms with Crippen LogP contribution in [0.15, 0.2) is 58.7 Å². The number of nitrogens with one attached hydrogen (secondary N) is 1. The molecule has 0 fully saturated rings. The smallest absolute Gasteiger partial charge is 0.273 e. The van der Waals surface area contributed by atoms with Gasteiger partial charge in [0.25, 0.3) is 0 Å². The third-order valence-electron chi connectivity index (χ3n) is 4.46. The minimum Gasteiger partial charge on any atom is -0.273 e. The Morgan fingerprint density at radius 1 is 1.24 bits per heavy atom. The van der Waals surface area contributed by atoms with Crippen LogP contribution in [-0.4, -0.2) is 19.5 Å². The van der Waals surface area contributed by atoms with Crippen molar-refractivity contribution in [1.29, 1.82) is 0 Å². The Balaban J connectivity index is 2.68. The van der Waals surface area contributed by atoms with Crippen LogP contribution >= 0.6 is 0 Å². The SMILES string of the molecule is CC1=C(/C=C/C(C)=C/C=C/C(C)=C/CNS(=O)(=O)O)C(C)(C)CCC1. The Kier molecular flexibility index (Phi) is 8.06. The first-order valence-electron chi connectivity index (χ1n) is 8.63. The zero-order valence-corrected chi connectivity index (χ0v) is 16.8. The van der Waals surface area contributed by atoms with Gasteiger partial charge in [-0.25, -0.2) is 0 Å². The fraction of sp³-hybridized carbons (Fsp3) is 0.500. The molecule has 0 heterocycles. The van der Waals surface area contributed by atoms with Gasteiger partial charge in [-0.2, -0.15) is 13.1 Å². The zero-order valence-electron chi connectivity index (χ0n) is 16.0. The maximum Gasteiger partial charge on any atom is 0.333 e. The van der Waals surface area contributed by atoms with E-state index < -0.39 is 10.3 Å². The molecule has 0 radical (unpaired) electrons. The van der Waals surface area contributed by atoms with Gasteiger partial charge >= 0.3 is 10.3 Å². The molecule has 0 atom stereocenters. The van der Waals surface area contributed by atoms with E-state index in [-0.39, 0.29) is 12.0 Å². The molecule has 5 heteroatoms. The zero-order chi connectivity index (χ0) is 19.1. The highest BCUT2D eigenvalue weighted by molar-refractivity contribution is 7.83. The second-order valence-corrected chi connectivity index (χ2v) is 8.55. The van der Waals surface area contributed by atoms with Crippen molar-refractivity contribution in [3.05, 3.63) is 58.7 Å². The first-order valence-corrected chi connectivity index (χ1v) is 10.1. The van der Waals surface area contributed by atoms with Crippen LogP contribution in [0.4, 0.5) is 0 Å². The van der Waals surface area contributed by atoms with E-state index in [0.717, 1.165) is 11.1 Å². The molecule has 0 saturated carbocycles. The Morgan fingerprint density at radius 2 is 1.92 bits per heavy atom. The van der Waals surface area contributed by atoms with Crippen LogP contribution in [0, 0.1) is 5.41 Å². The maximum atomic E-state index is 10.6. The lowest BCUT2D eigenvalue weighted by molar-refractivity contribution is 0.377. The van der Waals surface area contributed by atoms with E-state index in [9.17, 15) is 8.42 Å². The molecule has 4 nitrogen and oxygen atoms in total. The first-order chi connectivity index (χ1) is 11.5. The van der Waals surface area contributed by atoms with Gasteiger partial charge in [0.1, 0.15) is 0 Å². The minimum absolute atomic E-state index is 0.0696. The second kappa shape index (κ2) is 9.32. The van der Waals surface area contributed by atoms with Gasteiger partial charge in [-0.1, -0.05) is 67.0 Å². The van der Waals surface area contributed by atoms with Crippen LogP contribution in [0.1, 0.15) is 53.9 Å². The molecule has 2 N–H and O–H groups in total. The molecule has 25 heavy (non-hydrogen) atoms. The predicted octanol–water partition coefficient (Wildman–Crippen LogP) is 4.91. The molecule has 0 saturated heterocycles. The average Bonchev–Trinajstić information content (AvgIpc) is 2.44. The van der Waals surface area contributed by atoms with E-state index in [1.54, 1.807) is 6.08 Å². The fourth-order valence-electron chi connectivity index (χ4n) is 3.01. The van der Waals surface area contributed by atoms with Crippen LogP contribution in [-0.2, 0) is 10.3 Å². The summed E-state index contributed by atoms with van der Waals surface area (Å²) in [5.74, 6) is 0. The molecule has 0 aliphatic heterocycles. The van der Waals surface area contributed by atoms with E-state index in [1.165, 1.54) is 30.4 Å². The molecule has 1 aliphatic rings. The van der Waals surface area contributed by atoms with Gasteiger partial charge in [0.15, 0.2) is 0 Å². The summed E-state index contributed by atoms with van der Waals surface area (Å²) in [4.78, 5) is 0. The van der Waals surface area contributed by atoms with E-state index in [2.05, 4.69) is 39.8 Å². The van der Waals surface area contributed by atoms with Crippen molar-refractivity contribution in [1.82, 2.24) is 4.72 Å². The average molecular weight is 366 g/mol. The van der Waals surface area contributed by atoms with Crippen molar-refractivity contribution < 1.29 is 13.0 Å². The van der Waals surface area contributed by atoms with E-state index >= 15 is 0 Å². The van der Waals surface area contributed by atoms with Crippen molar-refractivity contribution in [3.63, 3.8) is 0 Å². The van der Waals surface area contributed by atoms with Crippen LogP contribution in [0.3, 0.4) is 0 Å². The summed E-state index contributed by atoms with van der Waals surface area (Å²) < 4.78 is 31.7. The monoisotopic (exact) mass is 365 g/mol. The molecular formula is C20H31NO3S. The summed E-state index contributed by atoms with van der Waals surface area (Å²) in [6.45, 7) is 10.9. The number of hydrogen-bond acceptors (Lipinski definition) is 2. The highest BCUT2D eigenvalue weighted by atomic mass is 32.2. The lowest BCUT2D eigenvalue weighted by Crippen LogP contribution is -2.22. The van der Waals surface area contributed by atoms with Crippen molar-refractivity contribution in [2.45, 2.75) is 53.9 Å². The minimum atomic E-state index is -4.13. The Morgan fingerprint density at radius 3 is 2.52 bits per heavy atom. The van der Waals surface area contributed by atoms with Crippen molar-refractivity contribution >= 4 is 10.3 Å². The maximum absolute atomic E-state index is 10.6. The molecule has 1 aliphatic carbocycles. The quantitative estimate of drug-likeness (QED) is 0.497. The van der Waals surface area contributed by atoms with Crippen LogP contribution in [0.2, 0.25) is 0 Å². The molecule has 0 unspecified atom stereocenters. The van der Waals surface area contributed by atoms with Crippen molar-refractivity contribution in [3.8, 4) is 0 Å². The van der Waals surface area contributed by atoms with E-state index in [1.807, 2.05) is 29.9 Å². The standard InChI is InChI=1S/C20H31NO3S/c1-16(8-6-9-17(2)13-15-21-25(22,23)24)11-12-19-18(3)10-7-14-20(19,4)5/h6,8-9,11-13,21H,7,10,14-15H2,1-5H3,(H,22,23,24)/b9-6+,12-11+,16-8+,17-13+. The second-order valence-electron chi connectivity index (χ2n) is 7.31. The van der Waals surface area contributed by atoms with Gasteiger partial charge in [0.2, 0.25) is 0 Å². The summed E-state index contributed by atoms with van der Waals surface area (Å²) >= 11 is 0. The summed E-state index contributed by atoms with van der Waals surface area (Å²) in [6.07, 6.45) is 15.6. The van der Waals surface area contributed by atoms with Gasteiger partial charge in [-0.3, -0.25) is 4.55 Å². The van der Waals surface area contributed by atoms with Gasteiger partial charge in [0.05, 0.1) is 0 Å². The van der Waals surface area contributed by atoms with Crippen LogP contribution in [0.25, 0.3) is 0 Å². The molecular weight excluding hydrogens is 334 g/mol. The Hall–Kier alpha value is -1.43. The normalized spacial score (nSPS) is 20.1. The van der Waals surface area contributed by atoms with Crippen LogP contribution < -0.4 is 4.72 Å². The van der Waals surface area contributed by atoms with Gasteiger partial charge in [-0.05, 0) is 51.0 Å². The Bertz CT molecular complexity index is 720. The lowest BCUT2D eigenvalue weighted by Gasteiger charge is -2.32. The molecule has 0 aromatic rings. The van der Waals surface area contributed by atoms with Gasteiger partial charge in [-0.15, -0.1) is 0 Å². The third-order valence-corrected chi connectivity index (χ3v) is 4.99. The molecule has 0 aromatic carbocycles. The molecule has 1 rings (SSSR count). The topological polar surface area (TPSA) is 66.4 Å². The summed E-state index contributed by atoms with van der Waals surface area (Å²) in [7, 11) is -4.13. The molecule has 0 amide bonds. The largest absolute Gasteiger partial charge is 0.333 e. The number of rotatable bonds is 7. The van der Waals surface area contributed by atoms with E-state index in [4.69, 9.17) is 4.55 Å². The molecule has 0 bridgehead atoms. The molecule has 140 valence electrons. The van der Waals surface area contributed by atoms with Crippen molar-refractivity contribution in [2.75, 3.05) is 6.54 Å². The number of hydrogen-bond donors (Lipinski definition) is 2. The highest BCUT2D eigenvalue weighted by Crippen LogP contribution is 2.40. The molecule has 0 aromatic heterocycles. The third kappa shape index (κ3) is 8.47. The summed E-state index contributed by atoms with van der Waals surface area (Å²) in [5.41, 5.74) is 5.25. The summed E-state index contributed by atoms with van der Waals surface area (Å²) in [6, 6.07) is 0. The predicted molar refractivity (Wildman–Crippen MR) is 106 cm³/mol. The van der Waals surface area contributed by atoms with Gasteiger partial charge in [0, 0.05) is 6.54 Å². The fourth-order valence-corrected chi connectivity index (χ4v) is 3.30. The van der Waals surface area contributed by atoms with E-state index in [0.29, 0.717) is 0 Å². The highest BCUT2D eigenvalue weighted by Gasteiger charge is 2.26. The lowest BCUT2D eigenvalue weighted by atomic mass is 9.72.